The standard InChI is InChI=1S/C26H21FN2O5/c27-23-10-9-16(11-21(23)24(30)29-12-15(13-29)25(31)32)28-26(33)34-14-22-19-7-3-1-5-17(19)18-6-2-4-8-20(18)22/h1-11,15,22H,12-14H2,(H,28,33)(H,31,32). The molecule has 0 atom stereocenters. The van der Waals surface area contributed by atoms with E-state index in [-0.39, 0.29) is 36.9 Å². The number of aliphatic carboxylic acids is 1. The summed E-state index contributed by atoms with van der Waals surface area (Å²) in [4.78, 5) is 37.2. The molecule has 0 unspecified atom stereocenters. The van der Waals surface area contributed by atoms with Crippen LogP contribution in [0.15, 0.2) is 66.7 Å². The van der Waals surface area contributed by atoms with Crippen molar-refractivity contribution < 1.29 is 28.6 Å². The lowest BCUT2D eigenvalue weighted by atomic mass is 9.98. The zero-order chi connectivity index (χ0) is 23.8. The van der Waals surface area contributed by atoms with Crippen LogP contribution in [0.2, 0.25) is 0 Å². The molecule has 2 N–H and O–H groups in total. The highest BCUT2D eigenvalue weighted by atomic mass is 19.1. The van der Waals surface area contributed by atoms with Crippen LogP contribution in [-0.2, 0) is 9.53 Å². The van der Waals surface area contributed by atoms with Crippen LogP contribution in [0.1, 0.15) is 27.4 Å². The number of nitrogens with one attached hydrogen (secondary N) is 1. The van der Waals surface area contributed by atoms with Crippen molar-refractivity contribution in [3.05, 3.63) is 89.2 Å². The highest BCUT2D eigenvalue weighted by molar-refractivity contribution is 5.97. The van der Waals surface area contributed by atoms with Crippen LogP contribution >= 0.6 is 0 Å². The number of carbonyl (C=O) groups is 3. The maximum atomic E-state index is 14.3. The maximum absolute atomic E-state index is 14.3. The van der Waals surface area contributed by atoms with Gasteiger partial charge in [0.2, 0.25) is 0 Å². The van der Waals surface area contributed by atoms with Gasteiger partial charge < -0.3 is 14.7 Å². The molecule has 0 spiro atoms. The number of ether oxygens (including phenoxy) is 1. The number of fused-ring (bicyclic) bond motifs is 3. The average molecular weight is 460 g/mol. The van der Waals surface area contributed by atoms with Crippen molar-refractivity contribution in [2.24, 2.45) is 5.92 Å². The van der Waals surface area contributed by atoms with Gasteiger partial charge in [-0.1, -0.05) is 48.5 Å². The number of rotatable bonds is 5. The van der Waals surface area contributed by atoms with Crippen molar-refractivity contribution in [1.82, 2.24) is 4.90 Å². The van der Waals surface area contributed by atoms with Gasteiger partial charge in [0.1, 0.15) is 12.4 Å². The Morgan fingerprint density at radius 1 is 0.971 bits per heavy atom. The molecule has 1 heterocycles. The molecule has 0 aromatic heterocycles. The first-order valence-electron chi connectivity index (χ1n) is 10.9. The number of nitrogens with zero attached hydrogens (tertiary/aromatic N) is 1. The first-order chi connectivity index (χ1) is 16.4. The van der Waals surface area contributed by atoms with E-state index in [0.717, 1.165) is 28.3 Å². The lowest BCUT2D eigenvalue weighted by Crippen LogP contribution is -2.53. The molecule has 0 radical (unpaired) electrons. The fourth-order valence-corrected chi connectivity index (χ4v) is 4.49. The van der Waals surface area contributed by atoms with E-state index < -0.39 is 29.7 Å². The Morgan fingerprint density at radius 3 is 2.21 bits per heavy atom. The van der Waals surface area contributed by atoms with E-state index in [2.05, 4.69) is 5.32 Å². The summed E-state index contributed by atoms with van der Waals surface area (Å²) in [5.74, 6) is -3.10. The summed E-state index contributed by atoms with van der Waals surface area (Å²) in [5, 5.41) is 11.5. The van der Waals surface area contributed by atoms with Gasteiger partial charge >= 0.3 is 12.1 Å². The van der Waals surface area contributed by atoms with Crippen molar-refractivity contribution in [3.8, 4) is 11.1 Å². The van der Waals surface area contributed by atoms with Crippen LogP contribution in [0.4, 0.5) is 14.9 Å². The molecule has 3 aromatic carbocycles. The summed E-state index contributed by atoms with van der Waals surface area (Å²) in [6.45, 7) is 0.173. The molecule has 1 fully saturated rings. The Bertz CT molecular complexity index is 1260. The monoisotopic (exact) mass is 460 g/mol. The molecule has 1 saturated heterocycles. The van der Waals surface area contributed by atoms with Crippen LogP contribution in [-0.4, -0.2) is 47.7 Å². The van der Waals surface area contributed by atoms with E-state index in [1.165, 1.54) is 17.0 Å². The summed E-state index contributed by atoms with van der Waals surface area (Å²) in [6.07, 6.45) is -0.721. The number of hydrogen-bond acceptors (Lipinski definition) is 4. The average Bonchev–Trinajstić information content (AvgIpc) is 3.11. The van der Waals surface area contributed by atoms with E-state index in [0.29, 0.717) is 0 Å². The Kier molecular flexibility index (Phi) is 5.49. The first-order valence-corrected chi connectivity index (χ1v) is 10.9. The van der Waals surface area contributed by atoms with Crippen molar-refractivity contribution in [3.63, 3.8) is 0 Å². The molecule has 172 valence electrons. The lowest BCUT2D eigenvalue weighted by Gasteiger charge is -2.36. The number of anilines is 1. The highest BCUT2D eigenvalue weighted by Crippen LogP contribution is 2.44. The Morgan fingerprint density at radius 2 is 1.59 bits per heavy atom. The number of carboxylic acid groups (broad SMARTS) is 1. The first kappa shape index (κ1) is 21.6. The van der Waals surface area contributed by atoms with Crippen LogP contribution in [0, 0.1) is 11.7 Å². The number of carboxylic acids is 1. The van der Waals surface area contributed by atoms with Crippen molar-refractivity contribution in [1.29, 1.82) is 0 Å². The number of halogens is 1. The van der Waals surface area contributed by atoms with Gasteiger partial charge in [0.25, 0.3) is 5.91 Å². The van der Waals surface area contributed by atoms with Gasteiger partial charge in [-0.15, -0.1) is 0 Å². The van der Waals surface area contributed by atoms with Crippen LogP contribution in [0.3, 0.4) is 0 Å². The third-order valence-electron chi connectivity index (χ3n) is 6.30. The van der Waals surface area contributed by atoms with Crippen LogP contribution in [0.25, 0.3) is 11.1 Å². The fraction of sp³-hybridized carbons (Fsp3) is 0.192. The molecule has 1 aliphatic heterocycles. The van der Waals surface area contributed by atoms with Gasteiger partial charge in [-0.2, -0.15) is 0 Å². The topological polar surface area (TPSA) is 95.9 Å². The van der Waals surface area contributed by atoms with E-state index in [4.69, 9.17) is 9.84 Å². The maximum Gasteiger partial charge on any atom is 0.411 e. The van der Waals surface area contributed by atoms with Gasteiger partial charge in [-0.05, 0) is 40.5 Å². The summed E-state index contributed by atoms with van der Waals surface area (Å²) in [7, 11) is 0. The van der Waals surface area contributed by atoms with Gasteiger partial charge in [-0.25, -0.2) is 9.18 Å². The van der Waals surface area contributed by atoms with E-state index in [1.54, 1.807) is 0 Å². The largest absolute Gasteiger partial charge is 0.481 e. The molecule has 7 nitrogen and oxygen atoms in total. The minimum absolute atomic E-state index is 0.0254. The molecule has 3 aromatic rings. The molecule has 1 aliphatic carbocycles. The Balaban J connectivity index is 1.25. The third kappa shape index (κ3) is 3.87. The zero-order valence-corrected chi connectivity index (χ0v) is 18.0. The highest BCUT2D eigenvalue weighted by Gasteiger charge is 2.37. The molecule has 0 saturated carbocycles. The summed E-state index contributed by atoms with van der Waals surface area (Å²) >= 11 is 0. The van der Waals surface area contributed by atoms with E-state index in [9.17, 15) is 18.8 Å². The molecular weight excluding hydrogens is 439 g/mol. The second-order valence-electron chi connectivity index (χ2n) is 8.39. The van der Waals surface area contributed by atoms with E-state index >= 15 is 0 Å². The molecule has 2 aliphatic rings. The van der Waals surface area contributed by atoms with Crippen molar-refractivity contribution >= 4 is 23.7 Å². The predicted molar refractivity (Wildman–Crippen MR) is 122 cm³/mol. The molecule has 34 heavy (non-hydrogen) atoms. The molecule has 0 bridgehead atoms. The smallest absolute Gasteiger partial charge is 0.411 e. The Labute approximate surface area is 194 Å². The van der Waals surface area contributed by atoms with Gasteiger partial charge in [-0.3, -0.25) is 14.9 Å². The molecule has 8 heteroatoms. The summed E-state index contributed by atoms with van der Waals surface area (Å²) < 4.78 is 19.8. The number of benzene rings is 3. The number of likely N-dealkylation sites (tertiary alicyclic amines) is 1. The quantitative estimate of drug-likeness (QED) is 0.591. The summed E-state index contributed by atoms with van der Waals surface area (Å²) in [5.41, 5.74) is 4.37. The normalized spacial score (nSPS) is 14.7. The summed E-state index contributed by atoms with van der Waals surface area (Å²) in [6, 6.07) is 19.6. The third-order valence-corrected chi connectivity index (χ3v) is 6.30. The minimum atomic E-state index is -0.991. The zero-order valence-electron chi connectivity index (χ0n) is 18.0. The number of hydrogen-bond donors (Lipinski definition) is 2. The van der Waals surface area contributed by atoms with Crippen LogP contribution in [0.5, 0.6) is 0 Å². The predicted octanol–water partition coefficient (Wildman–Crippen LogP) is 4.34. The molecule has 5 rings (SSSR count). The van der Waals surface area contributed by atoms with Gasteiger partial charge in [0.15, 0.2) is 0 Å². The van der Waals surface area contributed by atoms with E-state index in [1.807, 2.05) is 48.5 Å². The Hall–Kier alpha value is -4.20. The molecule has 2 amide bonds. The minimum Gasteiger partial charge on any atom is -0.481 e. The van der Waals surface area contributed by atoms with Gasteiger partial charge in [0.05, 0.1) is 11.5 Å². The van der Waals surface area contributed by atoms with Crippen molar-refractivity contribution in [2.45, 2.75) is 5.92 Å². The number of amides is 2. The molecular formula is C26H21FN2O5. The fourth-order valence-electron chi connectivity index (χ4n) is 4.49. The van der Waals surface area contributed by atoms with Gasteiger partial charge in [0, 0.05) is 24.7 Å². The lowest BCUT2D eigenvalue weighted by molar-refractivity contribution is -0.146. The van der Waals surface area contributed by atoms with Crippen molar-refractivity contribution in [2.75, 3.05) is 25.0 Å². The SMILES string of the molecule is O=C(Nc1ccc(F)c(C(=O)N2CC(C(=O)O)C2)c1)OCC1c2ccccc2-c2ccccc21. The number of carbonyl (C=O) groups excluding carboxylic acids is 2. The van der Waals surface area contributed by atoms with Crippen LogP contribution < -0.4 is 5.32 Å². The second-order valence-corrected chi connectivity index (χ2v) is 8.39. The second kappa shape index (κ2) is 8.62.